The lowest BCUT2D eigenvalue weighted by molar-refractivity contribution is 0.0463. The fourth-order valence-corrected chi connectivity index (χ4v) is 0.800. The zero-order chi connectivity index (χ0) is 8.10. The van der Waals surface area contributed by atoms with Crippen LogP contribution in [0.25, 0.3) is 0 Å². The molecule has 1 aromatic rings. The Kier molecular flexibility index (Phi) is 3.07. The summed E-state index contributed by atoms with van der Waals surface area (Å²) in [6.07, 6.45) is 3.76. The van der Waals surface area contributed by atoms with Gasteiger partial charge in [-0.25, -0.2) is 0 Å². The molecule has 0 amide bonds. The normalized spacial score (nSPS) is 10.4. The zero-order valence-electron chi connectivity index (χ0n) is 6.87. The Morgan fingerprint density at radius 1 is 1.73 bits per heavy atom. The average molecular weight is 155 g/mol. The second-order valence-electron chi connectivity index (χ2n) is 2.28. The second-order valence-corrected chi connectivity index (χ2v) is 2.28. The molecule has 1 heterocycles. The fourth-order valence-electron chi connectivity index (χ4n) is 0.800. The summed E-state index contributed by atoms with van der Waals surface area (Å²) in [6, 6.07) is 0. The second kappa shape index (κ2) is 4.10. The van der Waals surface area contributed by atoms with Crippen LogP contribution in [-0.2, 0) is 18.4 Å². The highest BCUT2D eigenvalue weighted by molar-refractivity contribution is 5.02. The summed E-state index contributed by atoms with van der Waals surface area (Å²) in [6.45, 7) is 3.33. The topological polar surface area (TPSA) is 39.1 Å². The molecule has 0 saturated heterocycles. The van der Waals surface area contributed by atoms with Crippen LogP contribution in [0.2, 0.25) is 0 Å². The van der Waals surface area contributed by atoms with Crippen LogP contribution in [-0.4, -0.2) is 16.4 Å². The Bertz CT molecular complexity index is 209. The SMILES string of the molecule is CCONCc1cnn(C)c1. The minimum atomic E-state index is 0.681. The maximum absolute atomic E-state index is 4.96. The number of nitrogens with one attached hydrogen (secondary N) is 1. The lowest BCUT2D eigenvalue weighted by Crippen LogP contribution is -2.12. The molecule has 4 nitrogen and oxygen atoms in total. The maximum atomic E-state index is 4.96. The molecule has 0 saturated carbocycles. The van der Waals surface area contributed by atoms with Crippen molar-refractivity contribution in [1.82, 2.24) is 15.3 Å². The lowest BCUT2D eigenvalue weighted by atomic mass is 10.4. The largest absolute Gasteiger partial charge is 0.302 e. The summed E-state index contributed by atoms with van der Waals surface area (Å²) in [7, 11) is 1.89. The molecule has 0 aliphatic rings. The summed E-state index contributed by atoms with van der Waals surface area (Å²) in [5, 5.41) is 4.02. The molecule has 62 valence electrons. The van der Waals surface area contributed by atoms with Crippen LogP contribution < -0.4 is 5.48 Å². The highest BCUT2D eigenvalue weighted by Crippen LogP contribution is 1.94. The average Bonchev–Trinajstić information content (AvgIpc) is 2.37. The summed E-state index contributed by atoms with van der Waals surface area (Å²) < 4.78 is 1.77. The summed E-state index contributed by atoms with van der Waals surface area (Å²) in [4.78, 5) is 4.96. The molecule has 0 unspecified atom stereocenters. The van der Waals surface area contributed by atoms with Gasteiger partial charge in [0.15, 0.2) is 0 Å². The summed E-state index contributed by atoms with van der Waals surface area (Å²) in [5.74, 6) is 0. The number of nitrogens with zero attached hydrogens (tertiary/aromatic N) is 2. The molecule has 1 aromatic heterocycles. The van der Waals surface area contributed by atoms with Gasteiger partial charge < -0.3 is 4.84 Å². The molecule has 11 heavy (non-hydrogen) atoms. The Morgan fingerprint density at radius 3 is 3.09 bits per heavy atom. The number of hydrogen-bond acceptors (Lipinski definition) is 3. The summed E-state index contributed by atoms with van der Waals surface area (Å²) >= 11 is 0. The van der Waals surface area contributed by atoms with Gasteiger partial charge in [-0.05, 0) is 6.92 Å². The van der Waals surface area contributed by atoms with Gasteiger partial charge in [0.05, 0.1) is 12.8 Å². The number of rotatable bonds is 4. The van der Waals surface area contributed by atoms with Crippen LogP contribution >= 0.6 is 0 Å². The molecule has 0 aliphatic heterocycles. The van der Waals surface area contributed by atoms with E-state index in [1.54, 1.807) is 4.68 Å². The van der Waals surface area contributed by atoms with Gasteiger partial charge in [0, 0.05) is 25.4 Å². The van der Waals surface area contributed by atoms with E-state index in [0.717, 1.165) is 5.56 Å². The molecule has 1 N–H and O–H groups in total. The van der Waals surface area contributed by atoms with Gasteiger partial charge in [-0.1, -0.05) is 0 Å². The Labute approximate surface area is 66.1 Å². The quantitative estimate of drug-likeness (QED) is 0.507. The molecule has 0 aromatic carbocycles. The summed E-state index contributed by atoms with van der Waals surface area (Å²) in [5.41, 5.74) is 3.94. The molecule has 0 atom stereocenters. The van der Waals surface area contributed by atoms with Crippen LogP contribution in [0.3, 0.4) is 0 Å². The van der Waals surface area contributed by atoms with E-state index >= 15 is 0 Å². The van der Waals surface area contributed by atoms with Crippen LogP contribution in [0.4, 0.5) is 0 Å². The van der Waals surface area contributed by atoms with Crippen molar-refractivity contribution < 1.29 is 4.84 Å². The van der Waals surface area contributed by atoms with E-state index in [0.29, 0.717) is 13.2 Å². The van der Waals surface area contributed by atoms with E-state index in [2.05, 4.69) is 10.6 Å². The molecular weight excluding hydrogens is 142 g/mol. The number of aromatic nitrogens is 2. The van der Waals surface area contributed by atoms with E-state index in [1.807, 2.05) is 26.4 Å². The third-order valence-electron chi connectivity index (χ3n) is 1.28. The van der Waals surface area contributed by atoms with E-state index in [-0.39, 0.29) is 0 Å². The number of hydrogen-bond donors (Lipinski definition) is 1. The predicted octanol–water partition coefficient (Wildman–Crippen LogP) is 0.461. The van der Waals surface area contributed by atoms with Gasteiger partial charge in [-0.3, -0.25) is 4.68 Å². The first-order valence-corrected chi connectivity index (χ1v) is 3.65. The molecule has 1 rings (SSSR count). The molecule has 4 heteroatoms. The van der Waals surface area contributed by atoms with Crippen molar-refractivity contribution >= 4 is 0 Å². The minimum Gasteiger partial charge on any atom is -0.302 e. The van der Waals surface area contributed by atoms with Gasteiger partial charge in [-0.15, -0.1) is 0 Å². The lowest BCUT2D eigenvalue weighted by Gasteiger charge is -1.99. The van der Waals surface area contributed by atoms with Crippen molar-refractivity contribution in [3.8, 4) is 0 Å². The van der Waals surface area contributed by atoms with Crippen molar-refractivity contribution in [1.29, 1.82) is 0 Å². The first-order valence-electron chi connectivity index (χ1n) is 3.65. The molecule has 0 radical (unpaired) electrons. The first kappa shape index (κ1) is 8.23. The van der Waals surface area contributed by atoms with Gasteiger partial charge in [0.1, 0.15) is 0 Å². The Hall–Kier alpha value is -0.870. The van der Waals surface area contributed by atoms with E-state index in [4.69, 9.17) is 4.84 Å². The van der Waals surface area contributed by atoms with Gasteiger partial charge in [-0.2, -0.15) is 10.6 Å². The zero-order valence-corrected chi connectivity index (χ0v) is 6.87. The van der Waals surface area contributed by atoms with E-state index in [1.165, 1.54) is 0 Å². The third kappa shape index (κ3) is 2.69. The molecule has 0 bridgehead atoms. The minimum absolute atomic E-state index is 0.681. The predicted molar refractivity (Wildman–Crippen MR) is 41.7 cm³/mol. The van der Waals surface area contributed by atoms with Crippen molar-refractivity contribution in [2.45, 2.75) is 13.5 Å². The van der Waals surface area contributed by atoms with Crippen LogP contribution in [0.1, 0.15) is 12.5 Å². The molecule has 0 aliphatic carbocycles. The number of aryl methyl sites for hydroxylation is 1. The Morgan fingerprint density at radius 2 is 2.55 bits per heavy atom. The fraction of sp³-hybridized carbons (Fsp3) is 0.571. The van der Waals surface area contributed by atoms with Gasteiger partial charge in [0.2, 0.25) is 0 Å². The van der Waals surface area contributed by atoms with Gasteiger partial charge >= 0.3 is 0 Å². The highest BCUT2D eigenvalue weighted by atomic mass is 16.6. The molecule has 0 fully saturated rings. The van der Waals surface area contributed by atoms with Crippen LogP contribution in [0.15, 0.2) is 12.4 Å². The first-order chi connectivity index (χ1) is 5.33. The van der Waals surface area contributed by atoms with E-state index in [9.17, 15) is 0 Å². The number of hydroxylamine groups is 1. The van der Waals surface area contributed by atoms with Crippen molar-refractivity contribution in [3.05, 3.63) is 18.0 Å². The van der Waals surface area contributed by atoms with Crippen molar-refractivity contribution in [2.24, 2.45) is 7.05 Å². The van der Waals surface area contributed by atoms with Gasteiger partial charge in [0.25, 0.3) is 0 Å². The van der Waals surface area contributed by atoms with E-state index < -0.39 is 0 Å². The van der Waals surface area contributed by atoms with Crippen LogP contribution in [0.5, 0.6) is 0 Å². The van der Waals surface area contributed by atoms with Crippen LogP contribution in [0, 0.1) is 0 Å². The molecule has 0 spiro atoms. The third-order valence-corrected chi connectivity index (χ3v) is 1.28. The maximum Gasteiger partial charge on any atom is 0.0654 e. The highest BCUT2D eigenvalue weighted by Gasteiger charge is 1.93. The van der Waals surface area contributed by atoms with Crippen molar-refractivity contribution in [3.63, 3.8) is 0 Å². The Balaban J connectivity index is 2.27. The molecular formula is C7H13N3O. The van der Waals surface area contributed by atoms with Crippen molar-refractivity contribution in [2.75, 3.05) is 6.61 Å². The monoisotopic (exact) mass is 155 g/mol. The smallest absolute Gasteiger partial charge is 0.0654 e. The standard InChI is InChI=1S/C7H13N3O/c1-3-11-9-5-7-4-8-10(2)6-7/h4,6,9H,3,5H2,1-2H3.